The zero-order valence-electron chi connectivity index (χ0n) is 35.3. The lowest BCUT2D eigenvalue weighted by atomic mass is 10.1. The Labute approximate surface area is 401 Å². The van der Waals surface area contributed by atoms with Crippen molar-refractivity contribution in [3.8, 4) is 0 Å². The number of halogens is 10. The van der Waals surface area contributed by atoms with Gasteiger partial charge >= 0.3 is 12.4 Å². The van der Waals surface area contributed by atoms with E-state index in [0.29, 0.717) is 11.1 Å². The minimum atomic E-state index is -4.80. The van der Waals surface area contributed by atoms with Crippen molar-refractivity contribution in [3.63, 3.8) is 0 Å². The Morgan fingerprint density at radius 2 is 0.882 bits per heavy atom. The molecule has 0 heterocycles. The summed E-state index contributed by atoms with van der Waals surface area (Å²) in [5, 5.41) is 23.0. The van der Waals surface area contributed by atoms with Gasteiger partial charge in [0.05, 0.1) is 53.7 Å². The van der Waals surface area contributed by atoms with Gasteiger partial charge in [0, 0.05) is 11.4 Å². The highest BCUT2D eigenvalue weighted by Gasteiger charge is 2.35. The second kappa shape index (κ2) is 21.5. The third-order valence-corrected chi connectivity index (χ3v) is 11.0. The first-order valence-electron chi connectivity index (χ1n) is 19.3. The van der Waals surface area contributed by atoms with Crippen molar-refractivity contribution in [1.82, 2.24) is 0 Å². The fourth-order valence-electron chi connectivity index (χ4n) is 6.13. The van der Waals surface area contributed by atoms with Crippen molar-refractivity contribution in [1.29, 1.82) is 0 Å². The van der Waals surface area contributed by atoms with Crippen LogP contribution in [0.15, 0.2) is 105 Å². The van der Waals surface area contributed by atoms with Crippen molar-refractivity contribution < 1.29 is 55.1 Å². The van der Waals surface area contributed by atoms with Crippen molar-refractivity contribution >= 4 is 116 Å². The number of nitrogens with zero attached hydrogens (tertiary/aromatic N) is 4. The fraction of sp³-hybridized carbons (Fsp3) is 0.182. The number of aryl methyl sites for hydroxylation is 2. The van der Waals surface area contributed by atoms with E-state index in [2.05, 4.69) is 41.7 Å². The summed E-state index contributed by atoms with van der Waals surface area (Å²) in [6, 6.07) is 13.0. The number of carbonyl (C=O) groups excluding carboxylic acids is 6. The van der Waals surface area contributed by atoms with Gasteiger partial charge in [-0.15, -0.1) is 0 Å². The lowest BCUT2D eigenvalue weighted by Crippen LogP contribution is -2.33. The number of azo groups is 2. The van der Waals surface area contributed by atoms with Gasteiger partial charge in [0.15, 0.2) is 11.6 Å². The molecule has 0 aromatic heterocycles. The van der Waals surface area contributed by atoms with Gasteiger partial charge in [-0.25, -0.2) is 0 Å². The summed E-state index contributed by atoms with van der Waals surface area (Å²) in [6.07, 6.45) is -9.59. The molecule has 24 heteroatoms. The molecule has 0 bridgehead atoms. The molecule has 0 spiro atoms. The smallest absolute Gasteiger partial charge is 0.324 e. The molecule has 68 heavy (non-hydrogen) atoms. The maximum absolute atomic E-state index is 13.4. The first-order chi connectivity index (χ1) is 31.8. The van der Waals surface area contributed by atoms with Crippen molar-refractivity contribution in [2.45, 2.75) is 52.1 Å². The minimum absolute atomic E-state index is 0.145. The number of amides is 4. The molecule has 5 aromatic carbocycles. The van der Waals surface area contributed by atoms with Gasteiger partial charge in [-0.1, -0.05) is 70.7 Å². The first-order valence-corrected chi connectivity index (χ1v) is 20.8. The molecule has 5 rings (SSSR count). The van der Waals surface area contributed by atoms with Crippen LogP contribution in [0.2, 0.25) is 20.1 Å². The van der Waals surface area contributed by atoms with Gasteiger partial charge in [0.2, 0.25) is 12.1 Å². The van der Waals surface area contributed by atoms with Crippen LogP contribution >= 0.6 is 46.4 Å². The number of rotatable bonds is 14. The Hall–Kier alpha value is -6.74. The number of hydrogen-bond donors (Lipinski definition) is 4. The highest BCUT2D eigenvalue weighted by molar-refractivity contribution is 6.38. The molecule has 0 aliphatic rings. The van der Waals surface area contributed by atoms with Crippen LogP contribution in [0, 0.1) is 13.8 Å². The third kappa shape index (κ3) is 12.4. The van der Waals surface area contributed by atoms with E-state index in [1.165, 1.54) is 48.5 Å². The normalized spacial score (nSPS) is 12.7. The summed E-state index contributed by atoms with van der Waals surface area (Å²) in [4.78, 5) is 78.1. The van der Waals surface area contributed by atoms with E-state index in [4.69, 9.17) is 46.4 Å². The molecule has 5 aromatic rings. The molecule has 4 N–H and O–H groups in total. The third-order valence-electron chi connectivity index (χ3n) is 9.43. The van der Waals surface area contributed by atoms with Crippen LogP contribution < -0.4 is 21.3 Å². The summed E-state index contributed by atoms with van der Waals surface area (Å²) in [7, 11) is 0. The number of alkyl halides is 6. The molecule has 0 aliphatic carbocycles. The van der Waals surface area contributed by atoms with E-state index in [1.54, 1.807) is 13.8 Å². The summed E-state index contributed by atoms with van der Waals surface area (Å²) < 4.78 is 80.1. The summed E-state index contributed by atoms with van der Waals surface area (Å²) in [5.41, 5.74) is -2.82. The van der Waals surface area contributed by atoms with Crippen LogP contribution in [0.3, 0.4) is 0 Å². The van der Waals surface area contributed by atoms with Crippen molar-refractivity contribution in [3.05, 3.63) is 138 Å². The zero-order chi connectivity index (χ0) is 50.4. The molecule has 2 unspecified atom stereocenters. The molecule has 354 valence electrons. The topological polar surface area (TPSA) is 200 Å². The maximum atomic E-state index is 13.4. The molecule has 0 saturated heterocycles. The van der Waals surface area contributed by atoms with Crippen molar-refractivity contribution in [2.24, 2.45) is 20.5 Å². The standard InChI is InChI=1S/C44H32Cl4F6N8O6/c1-19-17-23(55-41(67)37(21(3)63)61-59-30-15-5-9-24(32(30)45)39(65)56-28-13-7-11-26(34(28)47)43(49,50)51)18-20(2)36(19)58-42(68)38(22(4)64)62-60-31-16-6-10-25(33(31)46)40(66)57-29-14-8-12-27(35(29)48)44(52,53)54/h5-18,37-38H,1-4H3,(H,55,67)(H,56,65)(H,57,66)(H,58,68). The van der Waals surface area contributed by atoms with Gasteiger partial charge < -0.3 is 21.3 Å². The largest absolute Gasteiger partial charge is 0.417 e. The summed E-state index contributed by atoms with van der Waals surface area (Å²) in [6.45, 7) is 5.24. The minimum Gasteiger partial charge on any atom is -0.324 e. The van der Waals surface area contributed by atoms with E-state index in [9.17, 15) is 55.1 Å². The second-order valence-corrected chi connectivity index (χ2v) is 15.9. The van der Waals surface area contributed by atoms with Gasteiger partial charge in [-0.05, 0) is 99.5 Å². The van der Waals surface area contributed by atoms with Crippen LogP contribution in [0.1, 0.15) is 56.8 Å². The molecule has 4 amide bonds. The molecule has 2 atom stereocenters. The highest BCUT2D eigenvalue weighted by atomic mass is 35.5. The van der Waals surface area contributed by atoms with E-state index in [0.717, 1.165) is 50.2 Å². The van der Waals surface area contributed by atoms with Crippen LogP contribution in [0.4, 0.5) is 60.5 Å². The molecule has 0 saturated carbocycles. The van der Waals surface area contributed by atoms with Gasteiger partial charge in [-0.3, -0.25) is 28.8 Å². The van der Waals surface area contributed by atoms with Gasteiger partial charge in [-0.2, -0.15) is 46.8 Å². The predicted octanol–water partition coefficient (Wildman–Crippen LogP) is 12.8. The molecule has 0 aliphatic heterocycles. The quantitative estimate of drug-likeness (QED) is 0.0484. The Bertz CT molecular complexity index is 2910. The van der Waals surface area contributed by atoms with E-state index >= 15 is 0 Å². The predicted molar refractivity (Wildman–Crippen MR) is 243 cm³/mol. The van der Waals surface area contributed by atoms with Crippen molar-refractivity contribution in [2.75, 3.05) is 21.3 Å². The maximum Gasteiger partial charge on any atom is 0.417 e. The van der Waals surface area contributed by atoms with Gasteiger partial charge in [0.25, 0.3) is 23.6 Å². The average molecular weight is 1020 g/mol. The zero-order valence-corrected chi connectivity index (χ0v) is 38.3. The lowest BCUT2D eigenvalue weighted by molar-refractivity contribution is -0.138. The Kier molecular flexibility index (Phi) is 16.5. The fourth-order valence-corrected chi connectivity index (χ4v) is 7.19. The first kappa shape index (κ1) is 52.2. The molecule has 0 fully saturated rings. The summed E-state index contributed by atoms with van der Waals surface area (Å²) >= 11 is 24.6. The molecular weight excluding hydrogens is 992 g/mol. The molecular formula is C44H32Cl4F6N8O6. The lowest BCUT2D eigenvalue weighted by Gasteiger charge is -2.17. The number of Topliss-reactive ketones (excluding diaryl/α,β-unsaturated/α-hetero) is 2. The molecule has 14 nitrogen and oxygen atoms in total. The second-order valence-electron chi connectivity index (χ2n) is 14.4. The van der Waals surface area contributed by atoms with Crippen LogP contribution in [0.25, 0.3) is 0 Å². The Balaban J connectivity index is 1.27. The van der Waals surface area contributed by atoms with Crippen LogP contribution in [-0.2, 0) is 31.5 Å². The number of ketones is 2. The number of hydrogen-bond acceptors (Lipinski definition) is 10. The van der Waals surface area contributed by atoms with E-state index < -0.39 is 80.8 Å². The van der Waals surface area contributed by atoms with Crippen LogP contribution in [-0.4, -0.2) is 47.3 Å². The van der Waals surface area contributed by atoms with E-state index in [1.807, 2.05) is 0 Å². The number of nitrogens with one attached hydrogen (secondary N) is 4. The Morgan fingerprint density at radius 3 is 1.25 bits per heavy atom. The molecule has 0 radical (unpaired) electrons. The summed E-state index contributed by atoms with van der Waals surface area (Å²) in [5.74, 6) is -5.30. The number of benzene rings is 5. The number of anilines is 4. The van der Waals surface area contributed by atoms with Crippen LogP contribution in [0.5, 0.6) is 0 Å². The number of carbonyl (C=O) groups is 6. The SMILES string of the molecule is CC(=O)C(N=Nc1cccc(C(=O)Nc2cccc(C(F)(F)F)c2Cl)c1Cl)C(=O)Nc1cc(C)c(NC(=O)C(N=Nc2cccc(C(=O)Nc3cccc(C(F)(F)F)c3Cl)c2Cl)C(C)=O)c(C)c1. The Morgan fingerprint density at radius 1 is 0.515 bits per heavy atom. The van der Waals surface area contributed by atoms with E-state index in [-0.39, 0.29) is 55.3 Å². The monoisotopic (exact) mass is 1020 g/mol. The van der Waals surface area contributed by atoms with Gasteiger partial charge in [0.1, 0.15) is 11.4 Å². The average Bonchev–Trinajstić information content (AvgIpc) is 3.23. The highest BCUT2D eigenvalue weighted by Crippen LogP contribution is 2.40.